The van der Waals surface area contributed by atoms with Gasteiger partial charge in [-0.05, 0) is 24.5 Å². The number of nitrogens with one attached hydrogen (secondary N) is 2. The minimum absolute atomic E-state index is 0.0543. The van der Waals surface area contributed by atoms with Gasteiger partial charge in [-0.15, -0.1) is 0 Å². The van der Waals surface area contributed by atoms with E-state index in [-0.39, 0.29) is 18.2 Å². The fourth-order valence-electron chi connectivity index (χ4n) is 2.07. The molecule has 0 spiro atoms. The molecule has 0 aliphatic heterocycles. The van der Waals surface area contributed by atoms with Crippen LogP contribution in [-0.4, -0.2) is 34.5 Å². The summed E-state index contributed by atoms with van der Waals surface area (Å²) in [7, 11) is 0. The van der Waals surface area contributed by atoms with E-state index in [9.17, 15) is 19.7 Å². The van der Waals surface area contributed by atoms with Crippen molar-refractivity contribution in [2.24, 2.45) is 5.92 Å². The van der Waals surface area contributed by atoms with Crippen molar-refractivity contribution in [1.29, 1.82) is 0 Å². The van der Waals surface area contributed by atoms with Crippen LogP contribution in [0.5, 0.6) is 0 Å². The van der Waals surface area contributed by atoms with Gasteiger partial charge in [-0.1, -0.05) is 20.3 Å². The predicted molar refractivity (Wildman–Crippen MR) is 85.3 cm³/mol. The molecule has 0 radical (unpaired) electrons. The fourth-order valence-corrected chi connectivity index (χ4v) is 2.07. The SMILES string of the molecule is CC[C@H](C)[C@H](NCC(=O)Nc1ccc([N+](=O)[O-])cc1C)C(=O)O. The van der Waals surface area contributed by atoms with E-state index < -0.39 is 22.8 Å². The Kier molecular flexibility index (Phi) is 6.65. The summed E-state index contributed by atoms with van der Waals surface area (Å²) in [6.07, 6.45) is 0.674. The molecule has 0 aliphatic rings. The second kappa shape index (κ2) is 8.23. The summed E-state index contributed by atoms with van der Waals surface area (Å²) >= 11 is 0. The Bertz CT molecular complexity index is 603. The number of hydrogen-bond donors (Lipinski definition) is 3. The van der Waals surface area contributed by atoms with Crippen LogP contribution in [0, 0.1) is 23.0 Å². The number of rotatable bonds is 8. The molecule has 0 unspecified atom stereocenters. The van der Waals surface area contributed by atoms with Gasteiger partial charge in [0.05, 0.1) is 11.5 Å². The molecule has 0 heterocycles. The topological polar surface area (TPSA) is 122 Å². The van der Waals surface area contributed by atoms with Crippen molar-refractivity contribution in [2.75, 3.05) is 11.9 Å². The van der Waals surface area contributed by atoms with Gasteiger partial charge in [-0.25, -0.2) is 0 Å². The number of aryl methyl sites for hydroxylation is 1. The number of benzene rings is 1. The number of nitro groups is 1. The van der Waals surface area contributed by atoms with Gasteiger partial charge in [-0.2, -0.15) is 0 Å². The number of amides is 1. The van der Waals surface area contributed by atoms with Crippen molar-refractivity contribution < 1.29 is 19.6 Å². The molecule has 0 fully saturated rings. The molecular formula is C15H21N3O5. The first-order valence-electron chi connectivity index (χ1n) is 7.27. The highest BCUT2D eigenvalue weighted by molar-refractivity contribution is 5.93. The Labute approximate surface area is 134 Å². The van der Waals surface area contributed by atoms with E-state index in [1.165, 1.54) is 18.2 Å². The molecule has 1 amide bonds. The Morgan fingerprint density at radius 3 is 2.52 bits per heavy atom. The molecule has 0 saturated carbocycles. The maximum absolute atomic E-state index is 11.9. The maximum atomic E-state index is 11.9. The summed E-state index contributed by atoms with van der Waals surface area (Å²) in [5.74, 6) is -1.52. The third-order valence-electron chi connectivity index (χ3n) is 3.66. The van der Waals surface area contributed by atoms with Crippen LogP contribution in [-0.2, 0) is 9.59 Å². The van der Waals surface area contributed by atoms with E-state index in [2.05, 4.69) is 10.6 Å². The second-order valence-corrected chi connectivity index (χ2v) is 5.39. The maximum Gasteiger partial charge on any atom is 0.320 e. The van der Waals surface area contributed by atoms with E-state index in [4.69, 9.17) is 5.11 Å². The summed E-state index contributed by atoms with van der Waals surface area (Å²) in [5.41, 5.74) is 0.961. The third-order valence-corrected chi connectivity index (χ3v) is 3.66. The van der Waals surface area contributed by atoms with Crippen LogP contribution >= 0.6 is 0 Å². The van der Waals surface area contributed by atoms with E-state index in [1.54, 1.807) is 13.8 Å². The molecule has 126 valence electrons. The number of anilines is 1. The summed E-state index contributed by atoms with van der Waals surface area (Å²) < 4.78 is 0. The first kappa shape index (κ1) is 18.6. The van der Waals surface area contributed by atoms with Crippen molar-refractivity contribution in [3.63, 3.8) is 0 Å². The number of hydrogen-bond acceptors (Lipinski definition) is 5. The normalized spacial score (nSPS) is 13.2. The molecule has 2 atom stereocenters. The molecule has 0 aliphatic carbocycles. The monoisotopic (exact) mass is 323 g/mol. The van der Waals surface area contributed by atoms with Crippen LogP contribution in [0.3, 0.4) is 0 Å². The zero-order valence-corrected chi connectivity index (χ0v) is 13.3. The van der Waals surface area contributed by atoms with Crippen molar-refractivity contribution in [3.05, 3.63) is 33.9 Å². The molecule has 0 aromatic heterocycles. The average molecular weight is 323 g/mol. The first-order valence-corrected chi connectivity index (χ1v) is 7.27. The zero-order chi connectivity index (χ0) is 17.6. The van der Waals surface area contributed by atoms with Gasteiger partial charge >= 0.3 is 5.97 Å². The average Bonchev–Trinajstić information content (AvgIpc) is 2.48. The van der Waals surface area contributed by atoms with Crippen LogP contribution in [0.2, 0.25) is 0 Å². The van der Waals surface area contributed by atoms with E-state index in [0.717, 1.165) is 0 Å². The minimum Gasteiger partial charge on any atom is -0.480 e. The smallest absolute Gasteiger partial charge is 0.320 e. The first-order chi connectivity index (χ1) is 10.8. The highest BCUT2D eigenvalue weighted by atomic mass is 16.6. The number of nitrogens with zero attached hydrogens (tertiary/aromatic N) is 1. The highest BCUT2D eigenvalue weighted by Crippen LogP contribution is 2.21. The summed E-state index contributed by atoms with van der Waals surface area (Å²) in [6.45, 7) is 5.17. The number of aliphatic carboxylic acids is 1. The van der Waals surface area contributed by atoms with Crippen LogP contribution in [0.15, 0.2) is 18.2 Å². The van der Waals surface area contributed by atoms with Gasteiger partial charge in [0.25, 0.3) is 5.69 Å². The van der Waals surface area contributed by atoms with Gasteiger partial charge < -0.3 is 10.4 Å². The Morgan fingerprint density at radius 2 is 2.04 bits per heavy atom. The third kappa shape index (κ3) is 5.33. The Morgan fingerprint density at radius 1 is 1.39 bits per heavy atom. The van der Waals surface area contributed by atoms with Crippen LogP contribution in [0.1, 0.15) is 25.8 Å². The molecule has 1 rings (SSSR count). The van der Waals surface area contributed by atoms with E-state index in [0.29, 0.717) is 17.7 Å². The highest BCUT2D eigenvalue weighted by Gasteiger charge is 2.23. The minimum atomic E-state index is -1.00. The van der Waals surface area contributed by atoms with Gasteiger partial charge in [0.15, 0.2) is 0 Å². The number of carboxylic acids is 1. The molecule has 0 saturated heterocycles. The predicted octanol–water partition coefficient (Wildman–Crippen LogP) is 1.93. The summed E-state index contributed by atoms with van der Waals surface area (Å²) in [6, 6.07) is 3.32. The summed E-state index contributed by atoms with van der Waals surface area (Å²) in [5, 5.41) is 25.1. The van der Waals surface area contributed by atoms with Crippen molar-refractivity contribution >= 4 is 23.3 Å². The largest absolute Gasteiger partial charge is 0.480 e. The van der Waals surface area contributed by atoms with Crippen molar-refractivity contribution in [2.45, 2.75) is 33.2 Å². The molecule has 23 heavy (non-hydrogen) atoms. The lowest BCUT2D eigenvalue weighted by atomic mass is 9.99. The molecule has 3 N–H and O–H groups in total. The Hall–Kier alpha value is -2.48. The van der Waals surface area contributed by atoms with Crippen LogP contribution in [0.25, 0.3) is 0 Å². The standard InChI is InChI=1S/C15H21N3O5/c1-4-9(2)14(15(20)21)16-8-13(19)17-12-6-5-11(18(22)23)7-10(12)3/h5-7,9,14,16H,4,8H2,1-3H3,(H,17,19)(H,20,21)/t9-,14-/m0/s1. The quantitative estimate of drug-likeness (QED) is 0.496. The molecule has 8 heteroatoms. The van der Waals surface area contributed by atoms with Crippen LogP contribution < -0.4 is 10.6 Å². The van der Waals surface area contributed by atoms with Gasteiger partial charge in [0, 0.05) is 17.8 Å². The van der Waals surface area contributed by atoms with Crippen molar-refractivity contribution in [1.82, 2.24) is 5.32 Å². The second-order valence-electron chi connectivity index (χ2n) is 5.39. The number of carbonyl (C=O) groups excluding carboxylic acids is 1. The number of non-ortho nitro benzene ring substituents is 1. The molecule has 8 nitrogen and oxygen atoms in total. The zero-order valence-electron chi connectivity index (χ0n) is 13.3. The van der Waals surface area contributed by atoms with Crippen molar-refractivity contribution in [3.8, 4) is 0 Å². The molecular weight excluding hydrogens is 302 g/mol. The summed E-state index contributed by atoms with van der Waals surface area (Å²) in [4.78, 5) is 33.3. The molecule has 0 bridgehead atoms. The van der Waals surface area contributed by atoms with Crippen LogP contribution in [0.4, 0.5) is 11.4 Å². The molecule has 1 aromatic carbocycles. The fraction of sp³-hybridized carbons (Fsp3) is 0.467. The van der Waals surface area contributed by atoms with E-state index >= 15 is 0 Å². The lowest BCUT2D eigenvalue weighted by Crippen LogP contribution is -2.45. The number of nitro benzene ring substituents is 1. The van der Waals surface area contributed by atoms with Gasteiger partial charge in [-0.3, -0.25) is 25.0 Å². The number of carbonyl (C=O) groups is 2. The lowest BCUT2D eigenvalue weighted by Gasteiger charge is -2.20. The molecule has 1 aromatic rings. The number of carboxylic acid groups (broad SMARTS) is 1. The lowest BCUT2D eigenvalue weighted by molar-refractivity contribution is -0.384. The van der Waals surface area contributed by atoms with Gasteiger partial charge in [0.2, 0.25) is 5.91 Å². The Balaban J connectivity index is 2.66. The van der Waals surface area contributed by atoms with E-state index in [1.807, 2.05) is 6.92 Å². The van der Waals surface area contributed by atoms with Gasteiger partial charge in [0.1, 0.15) is 6.04 Å².